The first-order chi connectivity index (χ1) is 6.99. The molecule has 0 saturated heterocycles. The molecule has 0 aromatic heterocycles. The van der Waals surface area contributed by atoms with Crippen molar-refractivity contribution in [3.63, 3.8) is 0 Å². The molecule has 0 fully saturated rings. The number of hydrogen-bond donors (Lipinski definition) is 1. The molecule has 0 amide bonds. The van der Waals surface area contributed by atoms with Crippen molar-refractivity contribution in [2.45, 2.75) is 26.4 Å². The number of ether oxygens (including phenoxy) is 1. The summed E-state index contributed by atoms with van der Waals surface area (Å²) in [4.78, 5) is 0. The average molecular weight is 319 g/mol. The van der Waals surface area contributed by atoms with Gasteiger partial charge in [0.15, 0.2) is 0 Å². The molecule has 0 radical (unpaired) electrons. The molecule has 0 atom stereocenters. The lowest BCUT2D eigenvalue weighted by molar-refractivity contribution is 0.00333. The van der Waals surface area contributed by atoms with Crippen molar-refractivity contribution in [1.82, 2.24) is 0 Å². The lowest BCUT2D eigenvalue weighted by Crippen LogP contribution is -2.23. The van der Waals surface area contributed by atoms with Crippen LogP contribution < -0.4 is 5.32 Å². The van der Waals surface area contributed by atoms with Gasteiger partial charge in [0.1, 0.15) is 0 Å². The number of halogens is 1. The third kappa shape index (κ3) is 5.37. The maximum Gasteiger partial charge on any atom is 0.0646 e. The van der Waals surface area contributed by atoms with Crippen molar-refractivity contribution in [3.05, 3.63) is 27.8 Å². The Hall–Kier alpha value is -0.290. The Morgan fingerprint density at radius 2 is 1.93 bits per heavy atom. The molecule has 1 aromatic rings. The smallest absolute Gasteiger partial charge is 0.0646 e. The van der Waals surface area contributed by atoms with Crippen LogP contribution in [0.15, 0.2) is 24.3 Å². The van der Waals surface area contributed by atoms with Gasteiger partial charge in [-0.05, 0) is 55.5 Å². The van der Waals surface area contributed by atoms with E-state index in [9.17, 15) is 0 Å². The second-order valence-electron chi connectivity index (χ2n) is 4.37. The van der Waals surface area contributed by atoms with Crippen LogP contribution in [0.5, 0.6) is 0 Å². The van der Waals surface area contributed by atoms with Crippen LogP contribution in [0.2, 0.25) is 0 Å². The van der Waals surface area contributed by atoms with E-state index in [-0.39, 0.29) is 5.60 Å². The predicted molar refractivity (Wildman–Crippen MR) is 73.4 cm³/mol. The van der Waals surface area contributed by atoms with Gasteiger partial charge in [0.25, 0.3) is 0 Å². The molecule has 0 saturated carbocycles. The van der Waals surface area contributed by atoms with Gasteiger partial charge in [0, 0.05) is 15.8 Å². The largest absolute Gasteiger partial charge is 0.382 e. The summed E-state index contributed by atoms with van der Waals surface area (Å²) < 4.78 is 6.87. The van der Waals surface area contributed by atoms with Crippen LogP contribution in [0.25, 0.3) is 0 Å². The maximum atomic E-state index is 5.63. The van der Waals surface area contributed by atoms with Crippen LogP contribution in [0.4, 0.5) is 5.69 Å². The number of benzene rings is 1. The standard InChI is InChI=1S/C12H18INO/c1-12(2,3)15-9-8-14-11-7-5-4-6-10(11)13/h4-7,14H,8-9H2,1-3H3. The highest BCUT2D eigenvalue weighted by molar-refractivity contribution is 14.1. The van der Waals surface area contributed by atoms with Crippen molar-refractivity contribution in [3.8, 4) is 0 Å². The van der Waals surface area contributed by atoms with Crippen molar-refractivity contribution in [2.75, 3.05) is 18.5 Å². The van der Waals surface area contributed by atoms with Crippen molar-refractivity contribution >= 4 is 28.3 Å². The van der Waals surface area contributed by atoms with Crippen LogP contribution in [-0.2, 0) is 4.74 Å². The Kier molecular flexibility index (Phi) is 4.86. The molecule has 0 heterocycles. The Bertz CT molecular complexity index is 307. The summed E-state index contributed by atoms with van der Waals surface area (Å²) in [5, 5.41) is 3.35. The number of rotatable bonds is 4. The van der Waals surface area contributed by atoms with Crippen molar-refractivity contribution < 1.29 is 4.74 Å². The van der Waals surface area contributed by atoms with E-state index in [1.165, 1.54) is 9.26 Å². The SMILES string of the molecule is CC(C)(C)OCCNc1ccccc1I. The van der Waals surface area contributed by atoms with E-state index in [1.54, 1.807) is 0 Å². The van der Waals surface area contributed by atoms with E-state index in [0.717, 1.165) is 13.2 Å². The minimum Gasteiger partial charge on any atom is -0.382 e. The van der Waals surface area contributed by atoms with Crippen LogP contribution in [0, 0.1) is 3.57 Å². The number of hydrogen-bond acceptors (Lipinski definition) is 2. The first-order valence-electron chi connectivity index (χ1n) is 5.11. The van der Waals surface area contributed by atoms with Crippen LogP contribution in [0.3, 0.4) is 0 Å². The summed E-state index contributed by atoms with van der Waals surface area (Å²) in [5.41, 5.74) is 1.13. The molecular formula is C12H18INO. The van der Waals surface area contributed by atoms with Gasteiger partial charge >= 0.3 is 0 Å². The minimum atomic E-state index is -0.0501. The van der Waals surface area contributed by atoms with Gasteiger partial charge in [-0.2, -0.15) is 0 Å². The summed E-state index contributed by atoms with van der Waals surface area (Å²) in [6, 6.07) is 8.25. The fraction of sp³-hybridized carbons (Fsp3) is 0.500. The van der Waals surface area contributed by atoms with Gasteiger partial charge in [-0.15, -0.1) is 0 Å². The highest BCUT2D eigenvalue weighted by Crippen LogP contribution is 2.16. The Morgan fingerprint density at radius 1 is 1.27 bits per heavy atom. The molecule has 0 unspecified atom stereocenters. The topological polar surface area (TPSA) is 21.3 Å². The minimum absolute atomic E-state index is 0.0501. The Morgan fingerprint density at radius 3 is 2.53 bits per heavy atom. The van der Waals surface area contributed by atoms with E-state index in [0.29, 0.717) is 0 Å². The summed E-state index contributed by atoms with van der Waals surface area (Å²) in [6.45, 7) is 7.78. The highest BCUT2D eigenvalue weighted by Gasteiger charge is 2.08. The molecular weight excluding hydrogens is 301 g/mol. The van der Waals surface area contributed by atoms with Crippen LogP contribution in [-0.4, -0.2) is 18.8 Å². The normalized spacial score (nSPS) is 11.5. The van der Waals surface area contributed by atoms with Gasteiger partial charge in [0.2, 0.25) is 0 Å². The molecule has 0 spiro atoms. The quantitative estimate of drug-likeness (QED) is 0.677. The van der Waals surface area contributed by atoms with Crippen molar-refractivity contribution in [1.29, 1.82) is 0 Å². The van der Waals surface area contributed by atoms with Gasteiger partial charge in [-0.3, -0.25) is 0 Å². The lowest BCUT2D eigenvalue weighted by atomic mass is 10.2. The van der Waals surface area contributed by atoms with E-state index < -0.39 is 0 Å². The van der Waals surface area contributed by atoms with Gasteiger partial charge in [0.05, 0.1) is 12.2 Å². The summed E-state index contributed by atoms with van der Waals surface area (Å²) in [7, 11) is 0. The number of para-hydroxylation sites is 1. The van der Waals surface area contributed by atoms with E-state index in [2.05, 4.69) is 60.8 Å². The molecule has 84 valence electrons. The molecule has 1 aromatic carbocycles. The van der Waals surface area contributed by atoms with Gasteiger partial charge in [-0.25, -0.2) is 0 Å². The molecule has 2 nitrogen and oxygen atoms in total. The Labute approximate surface area is 106 Å². The summed E-state index contributed by atoms with van der Waals surface area (Å²) in [6.07, 6.45) is 0. The zero-order valence-corrected chi connectivity index (χ0v) is 11.7. The zero-order valence-electron chi connectivity index (χ0n) is 9.51. The van der Waals surface area contributed by atoms with Gasteiger partial charge in [-0.1, -0.05) is 12.1 Å². The molecule has 0 bridgehead atoms. The fourth-order valence-electron chi connectivity index (χ4n) is 1.15. The number of anilines is 1. The molecule has 0 aliphatic heterocycles. The molecule has 1 rings (SSSR count). The number of nitrogens with one attached hydrogen (secondary N) is 1. The molecule has 15 heavy (non-hydrogen) atoms. The zero-order chi connectivity index (χ0) is 11.3. The first kappa shape index (κ1) is 12.8. The summed E-state index contributed by atoms with van der Waals surface area (Å²) in [5.74, 6) is 0. The summed E-state index contributed by atoms with van der Waals surface area (Å²) >= 11 is 2.32. The second-order valence-corrected chi connectivity index (χ2v) is 5.53. The monoisotopic (exact) mass is 319 g/mol. The molecule has 3 heteroatoms. The van der Waals surface area contributed by atoms with E-state index in [1.807, 2.05) is 12.1 Å². The van der Waals surface area contributed by atoms with Gasteiger partial charge < -0.3 is 10.1 Å². The second kappa shape index (κ2) is 5.70. The van der Waals surface area contributed by atoms with E-state index >= 15 is 0 Å². The Balaban J connectivity index is 2.30. The third-order valence-corrected chi connectivity index (χ3v) is 2.77. The maximum absolute atomic E-state index is 5.63. The molecule has 1 N–H and O–H groups in total. The van der Waals surface area contributed by atoms with Crippen LogP contribution in [0.1, 0.15) is 20.8 Å². The highest BCUT2D eigenvalue weighted by atomic mass is 127. The lowest BCUT2D eigenvalue weighted by Gasteiger charge is -2.19. The van der Waals surface area contributed by atoms with Crippen LogP contribution >= 0.6 is 22.6 Å². The molecule has 0 aliphatic carbocycles. The third-order valence-electron chi connectivity index (χ3n) is 1.83. The first-order valence-corrected chi connectivity index (χ1v) is 6.19. The molecule has 0 aliphatic rings. The predicted octanol–water partition coefficient (Wildman–Crippen LogP) is 3.52. The van der Waals surface area contributed by atoms with Crippen molar-refractivity contribution in [2.24, 2.45) is 0 Å². The average Bonchev–Trinajstić information content (AvgIpc) is 2.13. The fourth-order valence-corrected chi connectivity index (χ4v) is 1.73. The van der Waals surface area contributed by atoms with E-state index in [4.69, 9.17) is 4.74 Å².